The Balaban J connectivity index is 2.12. The van der Waals surface area contributed by atoms with E-state index in [1.165, 1.54) is 19.1 Å². The normalized spacial score (nSPS) is 18.2. The quantitative estimate of drug-likeness (QED) is 0.658. The van der Waals surface area contributed by atoms with E-state index < -0.39 is 9.84 Å². The van der Waals surface area contributed by atoms with Crippen molar-refractivity contribution < 1.29 is 13.2 Å². The van der Waals surface area contributed by atoms with Crippen LogP contribution >= 0.6 is 0 Å². The molecule has 0 heterocycles. The van der Waals surface area contributed by atoms with Gasteiger partial charge in [0.25, 0.3) is 0 Å². The number of Topliss-reactive ketones (excluding diaryl/α,β-unsaturated/α-hetero) is 1. The number of ketones is 1. The highest BCUT2D eigenvalue weighted by atomic mass is 32.2. The van der Waals surface area contributed by atoms with Crippen molar-refractivity contribution in [2.24, 2.45) is 5.92 Å². The highest BCUT2D eigenvalue weighted by molar-refractivity contribution is 7.90. The van der Waals surface area contributed by atoms with Crippen molar-refractivity contribution in [1.29, 1.82) is 0 Å². The highest BCUT2D eigenvalue weighted by Crippen LogP contribution is 2.26. The molecular formula is C11H20O3S. The number of hydrogen-bond acceptors (Lipinski definition) is 3. The Labute approximate surface area is 92.2 Å². The van der Waals surface area contributed by atoms with Crippen LogP contribution in [0.2, 0.25) is 0 Å². The summed E-state index contributed by atoms with van der Waals surface area (Å²) in [5.41, 5.74) is 0. The van der Waals surface area contributed by atoms with E-state index in [2.05, 4.69) is 0 Å². The van der Waals surface area contributed by atoms with Crippen LogP contribution in [0.15, 0.2) is 0 Å². The predicted octanol–water partition coefficient (Wildman–Crippen LogP) is 1.96. The van der Waals surface area contributed by atoms with Crippen LogP contribution in [0, 0.1) is 5.92 Å². The summed E-state index contributed by atoms with van der Waals surface area (Å²) in [6, 6.07) is 0. The summed E-state index contributed by atoms with van der Waals surface area (Å²) in [6.07, 6.45) is 7.61. The summed E-state index contributed by atoms with van der Waals surface area (Å²) in [5, 5.41) is 0. The molecule has 0 aromatic carbocycles. The molecule has 0 N–H and O–H groups in total. The van der Waals surface area contributed by atoms with Crippen molar-refractivity contribution in [2.45, 2.75) is 44.9 Å². The van der Waals surface area contributed by atoms with E-state index in [-0.39, 0.29) is 11.7 Å². The molecule has 1 saturated carbocycles. The molecule has 0 bridgehead atoms. The molecule has 0 aromatic heterocycles. The Hall–Kier alpha value is -0.380. The fourth-order valence-corrected chi connectivity index (χ4v) is 2.84. The molecule has 1 rings (SSSR count). The van der Waals surface area contributed by atoms with Crippen molar-refractivity contribution in [3.8, 4) is 0 Å². The van der Waals surface area contributed by atoms with E-state index in [1.54, 1.807) is 0 Å². The summed E-state index contributed by atoms with van der Waals surface area (Å²) in [6.45, 7) is 0. The lowest BCUT2D eigenvalue weighted by molar-refractivity contribution is -0.122. The number of hydrogen-bond donors (Lipinski definition) is 0. The number of carbonyl (C=O) groups excluding carboxylic acids is 1. The maximum Gasteiger partial charge on any atom is 0.147 e. The van der Waals surface area contributed by atoms with Gasteiger partial charge < -0.3 is 0 Å². The van der Waals surface area contributed by atoms with Gasteiger partial charge in [-0.25, -0.2) is 8.42 Å². The first-order valence-electron chi connectivity index (χ1n) is 5.69. The van der Waals surface area contributed by atoms with Crippen LogP contribution in [0.4, 0.5) is 0 Å². The zero-order chi connectivity index (χ0) is 11.3. The van der Waals surface area contributed by atoms with E-state index in [0.29, 0.717) is 18.6 Å². The largest absolute Gasteiger partial charge is 0.299 e. The second-order valence-electron chi connectivity index (χ2n) is 4.53. The summed E-state index contributed by atoms with van der Waals surface area (Å²) < 4.78 is 21.7. The minimum atomic E-state index is -2.85. The van der Waals surface area contributed by atoms with Gasteiger partial charge in [0, 0.05) is 24.3 Å². The predicted molar refractivity (Wildman–Crippen MR) is 60.5 cm³/mol. The summed E-state index contributed by atoms with van der Waals surface area (Å²) in [5.74, 6) is 0.842. The van der Waals surface area contributed by atoms with Crippen molar-refractivity contribution in [1.82, 2.24) is 0 Å². The average Bonchev–Trinajstić information content (AvgIpc) is 2.63. The standard InChI is InChI=1S/C11H20O3S/c1-15(13,14)9-5-4-8-11(12)10-6-2-3-7-10/h10H,2-9H2,1H3. The lowest BCUT2D eigenvalue weighted by atomic mass is 9.98. The molecule has 0 aromatic rings. The minimum absolute atomic E-state index is 0.213. The molecule has 1 aliphatic rings. The maximum atomic E-state index is 11.6. The second kappa shape index (κ2) is 5.64. The molecule has 4 heteroatoms. The highest BCUT2D eigenvalue weighted by Gasteiger charge is 2.21. The summed E-state index contributed by atoms with van der Waals surface area (Å²) in [7, 11) is -2.85. The first-order chi connectivity index (χ1) is 6.99. The van der Waals surface area contributed by atoms with Gasteiger partial charge in [0.2, 0.25) is 0 Å². The molecule has 0 saturated heterocycles. The smallest absolute Gasteiger partial charge is 0.147 e. The summed E-state index contributed by atoms with van der Waals surface area (Å²) in [4.78, 5) is 11.6. The fourth-order valence-electron chi connectivity index (χ4n) is 2.12. The van der Waals surface area contributed by atoms with Gasteiger partial charge in [-0.3, -0.25) is 4.79 Å². The molecule has 3 nitrogen and oxygen atoms in total. The van der Waals surface area contributed by atoms with Crippen LogP contribution < -0.4 is 0 Å². The van der Waals surface area contributed by atoms with Crippen molar-refractivity contribution in [3.05, 3.63) is 0 Å². The summed E-state index contributed by atoms with van der Waals surface area (Å²) >= 11 is 0. The number of rotatable bonds is 6. The Kier molecular flexibility index (Phi) is 4.77. The van der Waals surface area contributed by atoms with Crippen LogP contribution in [0.3, 0.4) is 0 Å². The molecule has 0 amide bonds. The zero-order valence-corrected chi connectivity index (χ0v) is 10.2. The van der Waals surface area contributed by atoms with Gasteiger partial charge in [-0.05, 0) is 25.7 Å². The second-order valence-corrected chi connectivity index (χ2v) is 6.79. The SMILES string of the molecule is CS(=O)(=O)CCCCC(=O)C1CCCC1. The molecule has 0 radical (unpaired) electrons. The maximum absolute atomic E-state index is 11.6. The number of carbonyl (C=O) groups is 1. The minimum Gasteiger partial charge on any atom is -0.299 e. The van der Waals surface area contributed by atoms with Gasteiger partial charge in [-0.1, -0.05) is 12.8 Å². The van der Waals surface area contributed by atoms with Crippen LogP contribution in [0.1, 0.15) is 44.9 Å². The van der Waals surface area contributed by atoms with Gasteiger partial charge in [-0.2, -0.15) is 0 Å². The Morgan fingerprint density at radius 2 is 1.80 bits per heavy atom. The lowest BCUT2D eigenvalue weighted by Gasteiger charge is -2.06. The lowest BCUT2D eigenvalue weighted by Crippen LogP contribution is -2.11. The first-order valence-corrected chi connectivity index (χ1v) is 7.75. The Bertz CT molecular complexity index is 300. The first kappa shape index (κ1) is 12.7. The van der Waals surface area contributed by atoms with Crippen molar-refractivity contribution in [3.63, 3.8) is 0 Å². The van der Waals surface area contributed by atoms with Gasteiger partial charge in [0.1, 0.15) is 15.6 Å². The fraction of sp³-hybridized carbons (Fsp3) is 0.909. The molecule has 1 fully saturated rings. The van der Waals surface area contributed by atoms with Crippen LogP contribution in [0.25, 0.3) is 0 Å². The number of unbranched alkanes of at least 4 members (excludes halogenated alkanes) is 1. The van der Waals surface area contributed by atoms with E-state index in [9.17, 15) is 13.2 Å². The van der Waals surface area contributed by atoms with Gasteiger partial charge in [-0.15, -0.1) is 0 Å². The molecule has 0 atom stereocenters. The van der Waals surface area contributed by atoms with E-state index in [4.69, 9.17) is 0 Å². The van der Waals surface area contributed by atoms with Gasteiger partial charge in [0.05, 0.1) is 0 Å². The Morgan fingerprint density at radius 1 is 1.20 bits per heavy atom. The van der Waals surface area contributed by atoms with Crippen molar-refractivity contribution >= 4 is 15.6 Å². The molecule has 1 aliphatic carbocycles. The van der Waals surface area contributed by atoms with E-state index in [1.807, 2.05) is 0 Å². The third-order valence-corrected chi connectivity index (χ3v) is 4.03. The third-order valence-electron chi connectivity index (χ3n) is 3.00. The molecule has 15 heavy (non-hydrogen) atoms. The zero-order valence-electron chi connectivity index (χ0n) is 9.37. The van der Waals surface area contributed by atoms with Crippen molar-refractivity contribution in [2.75, 3.05) is 12.0 Å². The Morgan fingerprint density at radius 3 is 2.33 bits per heavy atom. The van der Waals surface area contributed by atoms with E-state index >= 15 is 0 Å². The topological polar surface area (TPSA) is 51.2 Å². The number of sulfone groups is 1. The van der Waals surface area contributed by atoms with Gasteiger partial charge in [0.15, 0.2) is 0 Å². The molecule has 0 spiro atoms. The molecular weight excluding hydrogens is 212 g/mol. The average molecular weight is 232 g/mol. The van der Waals surface area contributed by atoms with Crippen LogP contribution in [-0.2, 0) is 14.6 Å². The third kappa shape index (κ3) is 5.30. The van der Waals surface area contributed by atoms with E-state index in [0.717, 1.165) is 19.3 Å². The molecule has 88 valence electrons. The molecule has 0 aliphatic heterocycles. The molecule has 0 unspecified atom stereocenters. The van der Waals surface area contributed by atoms with Gasteiger partial charge >= 0.3 is 0 Å². The van der Waals surface area contributed by atoms with Crippen LogP contribution in [0.5, 0.6) is 0 Å². The monoisotopic (exact) mass is 232 g/mol. The van der Waals surface area contributed by atoms with Crippen LogP contribution in [-0.4, -0.2) is 26.2 Å².